The summed E-state index contributed by atoms with van der Waals surface area (Å²) in [6.07, 6.45) is 23.3. The number of nitrogens with one attached hydrogen (secondary N) is 1. The quantitative estimate of drug-likeness (QED) is 0.101. The molecule has 1 fully saturated rings. The van der Waals surface area contributed by atoms with E-state index in [4.69, 9.17) is 4.84 Å². The summed E-state index contributed by atoms with van der Waals surface area (Å²) in [5.41, 5.74) is -0.423. The van der Waals surface area contributed by atoms with Crippen molar-refractivity contribution < 1.29 is 24.6 Å². The van der Waals surface area contributed by atoms with Gasteiger partial charge >= 0.3 is 5.97 Å². The molecule has 0 aromatic rings. The highest BCUT2D eigenvalue weighted by Crippen LogP contribution is 2.32. The zero-order valence-corrected chi connectivity index (χ0v) is 25.7. The molecule has 1 heterocycles. The topological polar surface area (TPSA) is 99.1 Å². The lowest BCUT2D eigenvalue weighted by molar-refractivity contribution is -0.261. The number of carbonyl (C=O) groups excluding carboxylic acids is 2. The van der Waals surface area contributed by atoms with Crippen molar-refractivity contribution in [2.24, 2.45) is 5.41 Å². The summed E-state index contributed by atoms with van der Waals surface area (Å²) in [4.78, 5) is 30.6. The third-order valence-electron chi connectivity index (χ3n) is 8.30. The molecule has 1 aliphatic rings. The van der Waals surface area contributed by atoms with Crippen LogP contribution in [0.2, 0.25) is 0 Å². The largest absolute Gasteiger partial charge is 0.375 e. The average Bonchev–Trinajstić information content (AvgIpc) is 3.23. The van der Waals surface area contributed by atoms with Crippen molar-refractivity contribution in [3.8, 4) is 0 Å². The fraction of sp³-hybridized carbons (Fsp3) is 0.938. The van der Waals surface area contributed by atoms with Crippen molar-refractivity contribution in [1.82, 2.24) is 10.4 Å². The number of hydrogen-bond acceptors (Lipinski definition) is 6. The van der Waals surface area contributed by atoms with Gasteiger partial charge in [-0.2, -0.15) is 0 Å². The van der Waals surface area contributed by atoms with E-state index < -0.39 is 23.8 Å². The Labute approximate surface area is 239 Å². The molecule has 7 nitrogen and oxygen atoms in total. The van der Waals surface area contributed by atoms with E-state index in [2.05, 4.69) is 26.1 Å². The lowest BCUT2D eigenvalue weighted by Crippen LogP contribution is -2.41. The number of hydroxylamine groups is 2. The second-order valence-electron chi connectivity index (χ2n) is 12.1. The van der Waals surface area contributed by atoms with Crippen LogP contribution >= 0.6 is 0 Å². The Bertz CT molecular complexity index is 598. The summed E-state index contributed by atoms with van der Waals surface area (Å²) in [5, 5.41) is 23.6. The monoisotopic (exact) mass is 554 g/mol. The Morgan fingerprint density at radius 1 is 0.718 bits per heavy atom. The van der Waals surface area contributed by atoms with Gasteiger partial charge < -0.3 is 20.4 Å². The first-order chi connectivity index (χ1) is 18.8. The lowest BCUT2D eigenvalue weighted by atomic mass is 9.78. The second-order valence-corrected chi connectivity index (χ2v) is 12.1. The van der Waals surface area contributed by atoms with Gasteiger partial charge in [0.1, 0.15) is 12.5 Å². The number of unbranched alkanes of at least 4 members (excludes halogenated alkanes) is 16. The first-order valence-corrected chi connectivity index (χ1v) is 16.5. The zero-order valence-electron chi connectivity index (χ0n) is 25.7. The van der Waals surface area contributed by atoms with Crippen molar-refractivity contribution in [3.63, 3.8) is 0 Å². The maximum Gasteiger partial charge on any atom is 0.327 e. The highest BCUT2D eigenvalue weighted by atomic mass is 16.7. The van der Waals surface area contributed by atoms with E-state index in [1.165, 1.54) is 103 Å². The van der Waals surface area contributed by atoms with Gasteiger partial charge in [-0.1, -0.05) is 141 Å². The first-order valence-electron chi connectivity index (χ1n) is 16.5. The Balaban J connectivity index is 2.41. The lowest BCUT2D eigenvalue weighted by Gasteiger charge is -2.29. The number of aliphatic hydroxyl groups is 2. The molecular formula is C32H62N2O5. The molecule has 0 aliphatic carbocycles. The van der Waals surface area contributed by atoms with Gasteiger partial charge in [-0.05, 0) is 25.7 Å². The molecule has 0 spiro atoms. The van der Waals surface area contributed by atoms with Crippen molar-refractivity contribution in [3.05, 3.63) is 0 Å². The van der Waals surface area contributed by atoms with Crippen LogP contribution < -0.4 is 5.32 Å². The molecule has 0 saturated carbocycles. The molecule has 230 valence electrons. The fourth-order valence-electron chi connectivity index (χ4n) is 5.53. The van der Waals surface area contributed by atoms with E-state index in [0.717, 1.165) is 30.7 Å². The molecule has 1 amide bonds. The Morgan fingerprint density at radius 3 is 1.51 bits per heavy atom. The van der Waals surface area contributed by atoms with Gasteiger partial charge in [-0.3, -0.25) is 9.59 Å². The molecule has 0 radical (unpaired) electrons. The van der Waals surface area contributed by atoms with Crippen LogP contribution in [-0.2, 0) is 14.4 Å². The minimum atomic E-state index is -0.977. The van der Waals surface area contributed by atoms with Crippen molar-refractivity contribution in [2.45, 2.75) is 181 Å². The first kappa shape index (κ1) is 35.8. The number of nitrogens with zero attached hydrogens (tertiary/aromatic N) is 1. The van der Waals surface area contributed by atoms with Crippen LogP contribution in [-0.4, -0.2) is 46.2 Å². The van der Waals surface area contributed by atoms with E-state index in [-0.39, 0.29) is 18.9 Å². The van der Waals surface area contributed by atoms with Crippen LogP contribution in [0.1, 0.15) is 168 Å². The highest BCUT2D eigenvalue weighted by molar-refractivity contribution is 5.82. The molecule has 3 N–H and O–H groups in total. The minimum absolute atomic E-state index is 0.00776. The molecule has 1 rings (SSSR count). The van der Waals surface area contributed by atoms with Crippen molar-refractivity contribution in [1.29, 1.82) is 0 Å². The van der Waals surface area contributed by atoms with E-state index in [0.29, 0.717) is 12.8 Å². The Morgan fingerprint density at radius 2 is 1.10 bits per heavy atom. The number of rotatable bonds is 25. The molecular weight excluding hydrogens is 492 g/mol. The van der Waals surface area contributed by atoms with Crippen LogP contribution in [0, 0.1) is 5.41 Å². The molecule has 0 aromatic heterocycles. The molecule has 0 aromatic carbocycles. The van der Waals surface area contributed by atoms with Gasteiger partial charge in [0.05, 0.1) is 6.42 Å². The van der Waals surface area contributed by atoms with Crippen LogP contribution in [0.5, 0.6) is 0 Å². The van der Waals surface area contributed by atoms with Crippen molar-refractivity contribution in [2.75, 3.05) is 6.54 Å². The molecule has 1 aliphatic heterocycles. The van der Waals surface area contributed by atoms with E-state index in [9.17, 15) is 19.8 Å². The van der Waals surface area contributed by atoms with Gasteiger partial charge in [0, 0.05) is 12.0 Å². The third kappa shape index (κ3) is 16.6. The standard InChI is InChI=1S/C32H62N2O5/c1-4-6-8-10-12-14-16-18-20-25-32(3,26-21-19-17-15-13-11-9-7-5-2)31(38)33-27-24-30(37)39-34-28(35)22-23-29(34)36/h28-29,35-36H,4-27H2,1-3H3,(H,33,38). The molecule has 0 bridgehead atoms. The van der Waals surface area contributed by atoms with Crippen LogP contribution in [0.25, 0.3) is 0 Å². The number of aliphatic hydroxyl groups excluding tert-OH is 2. The summed E-state index contributed by atoms with van der Waals surface area (Å²) in [7, 11) is 0. The van der Waals surface area contributed by atoms with Gasteiger partial charge in [0.25, 0.3) is 0 Å². The molecule has 39 heavy (non-hydrogen) atoms. The number of hydrogen-bond donors (Lipinski definition) is 3. The van der Waals surface area contributed by atoms with Crippen molar-refractivity contribution >= 4 is 11.9 Å². The average molecular weight is 555 g/mol. The summed E-state index contributed by atoms with van der Waals surface area (Å²) < 4.78 is 0. The zero-order chi connectivity index (χ0) is 28.8. The van der Waals surface area contributed by atoms with Gasteiger partial charge in [0.2, 0.25) is 5.91 Å². The van der Waals surface area contributed by atoms with E-state index >= 15 is 0 Å². The Hall–Kier alpha value is -1.18. The molecule has 7 heteroatoms. The minimum Gasteiger partial charge on any atom is -0.375 e. The summed E-state index contributed by atoms with van der Waals surface area (Å²) in [6.45, 7) is 6.78. The number of carbonyl (C=O) groups is 2. The molecule has 1 saturated heterocycles. The predicted octanol–water partition coefficient (Wildman–Crippen LogP) is 7.53. The second kappa shape index (κ2) is 22.5. The maximum atomic E-state index is 13.3. The highest BCUT2D eigenvalue weighted by Gasteiger charge is 2.35. The third-order valence-corrected chi connectivity index (χ3v) is 8.30. The smallest absolute Gasteiger partial charge is 0.327 e. The normalized spacial score (nSPS) is 18.0. The SMILES string of the molecule is CCCCCCCCCCCC(C)(CCCCCCCCCCC)C(=O)NCCC(=O)ON1C(O)CCC1O. The summed E-state index contributed by atoms with van der Waals surface area (Å²) in [5.74, 6) is -0.537. The fourth-order valence-corrected chi connectivity index (χ4v) is 5.53. The predicted molar refractivity (Wildman–Crippen MR) is 159 cm³/mol. The summed E-state index contributed by atoms with van der Waals surface area (Å²) in [6, 6.07) is 0. The van der Waals surface area contributed by atoms with Crippen LogP contribution in [0.15, 0.2) is 0 Å². The van der Waals surface area contributed by atoms with E-state index in [1.807, 2.05) is 0 Å². The van der Waals surface area contributed by atoms with E-state index in [1.54, 1.807) is 0 Å². The molecule has 2 atom stereocenters. The van der Waals surface area contributed by atoms with Gasteiger partial charge in [0.15, 0.2) is 0 Å². The van der Waals surface area contributed by atoms with Gasteiger partial charge in [-0.25, -0.2) is 0 Å². The van der Waals surface area contributed by atoms with Crippen LogP contribution in [0.4, 0.5) is 0 Å². The Kier molecular flexibility index (Phi) is 20.7. The maximum absolute atomic E-state index is 13.3. The van der Waals surface area contributed by atoms with Crippen LogP contribution in [0.3, 0.4) is 0 Å². The summed E-state index contributed by atoms with van der Waals surface area (Å²) >= 11 is 0. The molecule has 2 unspecified atom stereocenters. The number of amides is 1. The van der Waals surface area contributed by atoms with Gasteiger partial charge in [-0.15, -0.1) is 0 Å².